The van der Waals surface area contributed by atoms with Gasteiger partial charge < -0.3 is 28.6 Å². The SMILES string of the molecule is COc1cc2c(-c3ccc4c(c3)CCO4)c(OC(=O)O)n(Cc3ccc4nsnc4c3)c2cc1OC(C)C. The van der Waals surface area contributed by atoms with Gasteiger partial charge in [-0.2, -0.15) is 8.75 Å². The van der Waals surface area contributed by atoms with E-state index in [1.54, 1.807) is 7.11 Å². The number of methoxy groups -OCH3 is 1. The topological polar surface area (TPSA) is 105 Å². The molecule has 1 N–H and O–H groups in total. The van der Waals surface area contributed by atoms with Crippen molar-refractivity contribution in [3.63, 3.8) is 0 Å². The summed E-state index contributed by atoms with van der Waals surface area (Å²) in [6, 6.07) is 15.5. The molecule has 0 amide bonds. The predicted octanol–water partition coefficient (Wildman–Crippen LogP) is 6.15. The summed E-state index contributed by atoms with van der Waals surface area (Å²) in [7, 11) is 1.59. The molecule has 5 aromatic rings. The van der Waals surface area contributed by atoms with Crippen LogP contribution in [0.3, 0.4) is 0 Å². The van der Waals surface area contributed by atoms with Gasteiger partial charge in [-0.25, -0.2) is 4.79 Å². The fourth-order valence-electron chi connectivity index (χ4n) is 4.91. The highest BCUT2D eigenvalue weighted by Gasteiger charge is 2.26. The number of nitrogens with zero attached hydrogens (tertiary/aromatic N) is 3. The smallest absolute Gasteiger partial charge is 0.493 e. The minimum Gasteiger partial charge on any atom is -0.493 e. The Labute approximate surface area is 222 Å². The van der Waals surface area contributed by atoms with Gasteiger partial charge in [-0.3, -0.25) is 0 Å². The number of hydrogen-bond donors (Lipinski definition) is 1. The van der Waals surface area contributed by atoms with Crippen LogP contribution < -0.4 is 18.9 Å². The highest BCUT2D eigenvalue weighted by atomic mass is 32.1. The second-order valence-electron chi connectivity index (χ2n) is 9.33. The standard InChI is InChI=1S/C28H25N3O6S/c1-15(2)36-25-13-22-19(12-24(25)34-3)26(18-5-7-23-17(11-18)8-9-35-23)27(37-28(32)33)31(22)14-16-4-6-20-21(10-16)30-38-29-20/h4-7,10-13,15H,8-9,14H2,1-3H3,(H,32,33). The molecule has 9 nitrogen and oxygen atoms in total. The zero-order valence-corrected chi connectivity index (χ0v) is 21.9. The van der Waals surface area contributed by atoms with E-state index in [2.05, 4.69) is 8.75 Å². The number of carbonyl (C=O) groups is 1. The van der Waals surface area contributed by atoms with Crippen molar-refractivity contribution in [3.8, 4) is 34.3 Å². The van der Waals surface area contributed by atoms with Gasteiger partial charge in [0.1, 0.15) is 16.8 Å². The van der Waals surface area contributed by atoms with Crippen LogP contribution in [0.5, 0.6) is 23.1 Å². The molecule has 3 aromatic carbocycles. The van der Waals surface area contributed by atoms with Crippen LogP contribution in [0.4, 0.5) is 4.79 Å². The van der Waals surface area contributed by atoms with E-state index in [-0.39, 0.29) is 12.0 Å². The largest absolute Gasteiger partial charge is 0.512 e. The first-order valence-corrected chi connectivity index (χ1v) is 12.9. The molecule has 10 heteroatoms. The average molecular weight is 532 g/mol. The van der Waals surface area contributed by atoms with Gasteiger partial charge in [0.25, 0.3) is 0 Å². The molecule has 0 unspecified atom stereocenters. The third-order valence-electron chi connectivity index (χ3n) is 6.48. The van der Waals surface area contributed by atoms with Gasteiger partial charge in [-0.15, -0.1) is 0 Å². The fraction of sp³-hybridized carbons (Fsp3) is 0.250. The van der Waals surface area contributed by atoms with Gasteiger partial charge in [0, 0.05) is 17.9 Å². The Hall–Kier alpha value is -4.31. The predicted molar refractivity (Wildman–Crippen MR) is 144 cm³/mol. The first kappa shape index (κ1) is 24.1. The maximum atomic E-state index is 12.0. The summed E-state index contributed by atoms with van der Waals surface area (Å²) in [5.41, 5.74) is 5.83. The number of benzene rings is 3. The Morgan fingerprint density at radius 1 is 1.11 bits per heavy atom. The summed E-state index contributed by atoms with van der Waals surface area (Å²) < 4.78 is 33.5. The molecular formula is C28H25N3O6S. The molecule has 1 aliphatic heterocycles. The maximum Gasteiger partial charge on any atom is 0.512 e. The molecule has 0 radical (unpaired) electrons. The average Bonchev–Trinajstić information content (AvgIpc) is 3.61. The minimum absolute atomic E-state index is 0.0877. The Bertz CT molecular complexity index is 1690. The molecule has 0 atom stereocenters. The van der Waals surface area contributed by atoms with Crippen molar-refractivity contribution in [3.05, 3.63) is 59.7 Å². The van der Waals surface area contributed by atoms with Crippen molar-refractivity contribution in [2.24, 2.45) is 0 Å². The highest BCUT2D eigenvalue weighted by molar-refractivity contribution is 7.00. The quantitative estimate of drug-likeness (QED) is 0.249. The van der Waals surface area contributed by atoms with E-state index in [0.717, 1.165) is 62.5 Å². The number of carboxylic acid groups (broad SMARTS) is 1. The van der Waals surface area contributed by atoms with Crippen LogP contribution in [0.2, 0.25) is 0 Å². The van der Waals surface area contributed by atoms with Crippen LogP contribution in [0, 0.1) is 0 Å². The van der Waals surface area contributed by atoms with Crippen LogP contribution in [0.1, 0.15) is 25.0 Å². The Kier molecular flexibility index (Phi) is 6.03. The van der Waals surface area contributed by atoms with Crippen LogP contribution in [-0.2, 0) is 13.0 Å². The van der Waals surface area contributed by atoms with Crippen molar-refractivity contribution in [1.29, 1.82) is 0 Å². The van der Waals surface area contributed by atoms with Crippen LogP contribution in [-0.4, -0.2) is 44.4 Å². The monoisotopic (exact) mass is 531 g/mol. The second-order valence-corrected chi connectivity index (χ2v) is 9.86. The second kappa shape index (κ2) is 9.53. The molecule has 0 spiro atoms. The lowest BCUT2D eigenvalue weighted by Gasteiger charge is -2.15. The molecule has 2 aromatic heterocycles. The summed E-state index contributed by atoms with van der Waals surface area (Å²) in [4.78, 5) is 12.0. The van der Waals surface area contributed by atoms with Gasteiger partial charge in [0.2, 0.25) is 5.88 Å². The molecule has 1 aliphatic rings. The van der Waals surface area contributed by atoms with Crippen LogP contribution >= 0.6 is 11.7 Å². The van der Waals surface area contributed by atoms with E-state index in [9.17, 15) is 9.90 Å². The molecule has 0 saturated heterocycles. The molecule has 38 heavy (non-hydrogen) atoms. The normalized spacial score (nSPS) is 12.6. The van der Waals surface area contributed by atoms with Crippen LogP contribution in [0.25, 0.3) is 33.1 Å². The number of hydrogen-bond acceptors (Lipinski definition) is 8. The molecule has 0 saturated carbocycles. The summed E-state index contributed by atoms with van der Waals surface area (Å²) in [5.74, 6) is 2.16. The zero-order chi connectivity index (χ0) is 26.4. The lowest BCUT2D eigenvalue weighted by atomic mass is 10.0. The molecular weight excluding hydrogens is 506 g/mol. The molecule has 6 rings (SSSR count). The summed E-state index contributed by atoms with van der Waals surface area (Å²) in [5, 5.41) is 10.6. The van der Waals surface area contributed by atoms with Crippen molar-refractivity contribution in [1.82, 2.24) is 13.3 Å². The number of rotatable bonds is 7. The van der Waals surface area contributed by atoms with E-state index >= 15 is 0 Å². The third-order valence-corrected chi connectivity index (χ3v) is 7.04. The molecule has 3 heterocycles. The van der Waals surface area contributed by atoms with E-state index in [1.807, 2.05) is 66.9 Å². The van der Waals surface area contributed by atoms with E-state index in [1.165, 1.54) is 0 Å². The summed E-state index contributed by atoms with van der Waals surface area (Å²) in [6.07, 6.45) is -0.700. The fourth-order valence-corrected chi connectivity index (χ4v) is 5.43. The van der Waals surface area contributed by atoms with Crippen molar-refractivity contribution < 1.29 is 28.8 Å². The van der Waals surface area contributed by atoms with Crippen molar-refractivity contribution in [2.45, 2.75) is 32.9 Å². The Morgan fingerprint density at radius 2 is 1.95 bits per heavy atom. The Balaban J connectivity index is 1.62. The van der Waals surface area contributed by atoms with Gasteiger partial charge in [0.05, 0.1) is 49.2 Å². The number of fused-ring (bicyclic) bond motifs is 3. The van der Waals surface area contributed by atoms with Gasteiger partial charge in [0.15, 0.2) is 11.5 Å². The zero-order valence-electron chi connectivity index (χ0n) is 21.1. The van der Waals surface area contributed by atoms with Gasteiger partial charge in [-0.05, 0) is 60.9 Å². The maximum absolute atomic E-state index is 12.0. The van der Waals surface area contributed by atoms with Crippen LogP contribution in [0.15, 0.2) is 48.5 Å². The first-order chi connectivity index (χ1) is 18.4. The van der Waals surface area contributed by atoms with Gasteiger partial charge in [-0.1, -0.05) is 12.1 Å². The first-order valence-electron chi connectivity index (χ1n) is 12.2. The molecule has 194 valence electrons. The molecule has 0 aliphatic carbocycles. The summed E-state index contributed by atoms with van der Waals surface area (Å²) >= 11 is 1.15. The van der Waals surface area contributed by atoms with E-state index in [4.69, 9.17) is 18.9 Å². The van der Waals surface area contributed by atoms with E-state index in [0.29, 0.717) is 30.2 Å². The van der Waals surface area contributed by atoms with Crippen molar-refractivity contribution >= 4 is 39.8 Å². The number of aromatic nitrogens is 3. The number of ether oxygens (including phenoxy) is 4. The molecule has 0 fully saturated rings. The van der Waals surface area contributed by atoms with Gasteiger partial charge >= 0.3 is 6.16 Å². The van der Waals surface area contributed by atoms with Crippen molar-refractivity contribution in [2.75, 3.05) is 13.7 Å². The Morgan fingerprint density at radius 3 is 2.74 bits per heavy atom. The minimum atomic E-state index is -1.40. The molecule has 0 bridgehead atoms. The third kappa shape index (κ3) is 4.26. The van der Waals surface area contributed by atoms with E-state index < -0.39 is 6.16 Å². The lowest BCUT2D eigenvalue weighted by Crippen LogP contribution is -2.10. The highest BCUT2D eigenvalue weighted by Crippen LogP contribution is 2.46. The lowest BCUT2D eigenvalue weighted by molar-refractivity contribution is 0.141. The summed E-state index contributed by atoms with van der Waals surface area (Å²) in [6.45, 7) is 4.85.